The second kappa shape index (κ2) is 7.71. The largest absolute Gasteiger partial charge is 0.410 e. The summed E-state index contributed by atoms with van der Waals surface area (Å²) in [5, 5.41) is 7.13. The number of aromatic nitrogens is 4. The van der Waals surface area contributed by atoms with E-state index in [0.717, 1.165) is 0 Å². The van der Waals surface area contributed by atoms with Crippen LogP contribution >= 0.6 is 0 Å². The number of carbonyl (C=O) groups excluding carboxylic acids is 1. The van der Waals surface area contributed by atoms with Gasteiger partial charge in [0.25, 0.3) is 5.89 Å². The number of anilines is 1. The molecule has 12 heteroatoms. The number of amides is 1. The molecule has 1 fully saturated rings. The van der Waals surface area contributed by atoms with Crippen molar-refractivity contribution < 1.29 is 17.6 Å². The summed E-state index contributed by atoms with van der Waals surface area (Å²) in [5.74, 6) is -0.586. The molecule has 1 amide bonds. The molecule has 0 bridgehead atoms. The Labute approximate surface area is 178 Å². The lowest BCUT2D eigenvalue weighted by Crippen LogP contribution is -2.57. The predicted octanol–water partition coefficient (Wildman–Crippen LogP) is 0.741. The first-order valence-corrected chi connectivity index (χ1v) is 11.1. The molecular weight excluding hydrogens is 422 g/mol. The van der Waals surface area contributed by atoms with Gasteiger partial charge in [-0.3, -0.25) is 4.79 Å². The highest BCUT2D eigenvalue weighted by atomic mass is 32.2. The minimum atomic E-state index is -3.38. The van der Waals surface area contributed by atoms with Crippen LogP contribution in [0.25, 0.3) is 22.8 Å². The maximum Gasteiger partial charge on any atom is 0.311 e. The lowest BCUT2D eigenvalue weighted by atomic mass is 10.1. The molecule has 3 heterocycles. The van der Waals surface area contributed by atoms with E-state index >= 15 is 0 Å². The van der Waals surface area contributed by atoms with Crippen LogP contribution in [0.5, 0.6) is 0 Å². The van der Waals surface area contributed by atoms with Gasteiger partial charge in [-0.05, 0) is 26.0 Å². The van der Waals surface area contributed by atoms with E-state index in [1.807, 2.05) is 0 Å². The van der Waals surface area contributed by atoms with Gasteiger partial charge in [0.2, 0.25) is 0 Å². The van der Waals surface area contributed by atoms with Crippen LogP contribution in [-0.4, -0.2) is 63.8 Å². The van der Waals surface area contributed by atoms with Crippen molar-refractivity contribution in [3.8, 4) is 22.8 Å². The Morgan fingerprint density at radius 3 is 2.48 bits per heavy atom. The maximum absolute atomic E-state index is 12.3. The fraction of sp³-hybridized carbons (Fsp3) is 0.316. The summed E-state index contributed by atoms with van der Waals surface area (Å²) in [6, 6.07) is 6.25. The van der Waals surface area contributed by atoms with Gasteiger partial charge in [-0.25, -0.2) is 18.4 Å². The van der Waals surface area contributed by atoms with Crippen LogP contribution in [-0.2, 0) is 9.84 Å². The molecule has 0 saturated carbocycles. The van der Waals surface area contributed by atoms with Gasteiger partial charge in [-0.2, -0.15) is 0 Å². The first kappa shape index (κ1) is 20.9. The minimum Gasteiger partial charge on any atom is -0.410 e. The van der Waals surface area contributed by atoms with E-state index in [1.165, 1.54) is 23.2 Å². The molecular formula is C19H21N7O4S. The average Bonchev–Trinajstić information content (AvgIpc) is 3.21. The summed E-state index contributed by atoms with van der Waals surface area (Å²) < 4.78 is 30.1. The van der Waals surface area contributed by atoms with E-state index in [2.05, 4.69) is 20.2 Å². The molecule has 0 unspecified atom stereocenters. The number of hydrogen-bond acceptors (Lipinski definition) is 10. The smallest absolute Gasteiger partial charge is 0.311 e. The molecule has 162 valence electrons. The van der Waals surface area contributed by atoms with Gasteiger partial charge in [0.1, 0.15) is 0 Å². The van der Waals surface area contributed by atoms with Crippen LogP contribution in [0.2, 0.25) is 0 Å². The van der Waals surface area contributed by atoms with Crippen LogP contribution < -0.4 is 11.5 Å². The Hall–Kier alpha value is -3.38. The van der Waals surface area contributed by atoms with Gasteiger partial charge in [0.15, 0.2) is 21.3 Å². The molecule has 0 atom stereocenters. The third-order valence-corrected chi connectivity index (χ3v) is 7.08. The standard InChI is InChI=1S/C19H21N7O4S/c1-10(2)31(28,29)13-5-3-11(4-6-13)14-7-22-16(21)15(23-14)17-24-25-18(30-17)19(27)26-8-12(20)9-26/h3-7,10,12H,8-9,20H2,1-2H3,(H2,21,22). The molecule has 0 aliphatic carbocycles. The topological polar surface area (TPSA) is 171 Å². The highest BCUT2D eigenvalue weighted by molar-refractivity contribution is 7.92. The van der Waals surface area contributed by atoms with E-state index in [4.69, 9.17) is 15.9 Å². The van der Waals surface area contributed by atoms with Gasteiger partial charge >= 0.3 is 11.8 Å². The lowest BCUT2D eigenvalue weighted by Gasteiger charge is -2.35. The molecule has 31 heavy (non-hydrogen) atoms. The van der Waals surface area contributed by atoms with Crippen LogP contribution in [0.4, 0.5) is 5.82 Å². The van der Waals surface area contributed by atoms with Gasteiger partial charge in [0.05, 0.1) is 22.0 Å². The minimum absolute atomic E-state index is 0.0426. The van der Waals surface area contributed by atoms with Crippen molar-refractivity contribution in [3.63, 3.8) is 0 Å². The Bertz CT molecular complexity index is 1230. The Balaban J connectivity index is 1.62. The van der Waals surface area contributed by atoms with Gasteiger partial charge in [-0.1, -0.05) is 12.1 Å². The number of nitrogen functional groups attached to an aromatic ring is 1. The molecule has 4 rings (SSSR count). The Morgan fingerprint density at radius 1 is 1.19 bits per heavy atom. The van der Waals surface area contributed by atoms with E-state index in [0.29, 0.717) is 24.3 Å². The number of hydrogen-bond donors (Lipinski definition) is 2. The predicted molar refractivity (Wildman–Crippen MR) is 111 cm³/mol. The van der Waals surface area contributed by atoms with Crippen molar-refractivity contribution in [2.24, 2.45) is 5.73 Å². The second-order valence-electron chi connectivity index (χ2n) is 7.49. The zero-order valence-electron chi connectivity index (χ0n) is 16.9. The molecule has 4 N–H and O–H groups in total. The number of sulfone groups is 1. The molecule has 1 saturated heterocycles. The Morgan fingerprint density at radius 2 is 1.87 bits per heavy atom. The fourth-order valence-corrected chi connectivity index (χ4v) is 4.06. The van der Waals surface area contributed by atoms with Crippen molar-refractivity contribution in [3.05, 3.63) is 36.4 Å². The van der Waals surface area contributed by atoms with Crippen LogP contribution in [0.15, 0.2) is 39.8 Å². The van der Waals surface area contributed by atoms with Crippen molar-refractivity contribution in [2.75, 3.05) is 18.8 Å². The molecule has 0 spiro atoms. The van der Waals surface area contributed by atoms with Crippen LogP contribution in [0.1, 0.15) is 24.5 Å². The molecule has 3 aromatic rings. The summed E-state index contributed by atoms with van der Waals surface area (Å²) in [6.45, 7) is 4.11. The molecule has 0 radical (unpaired) electrons. The summed E-state index contributed by atoms with van der Waals surface area (Å²) in [5.41, 5.74) is 12.8. The van der Waals surface area contributed by atoms with Gasteiger partial charge in [0, 0.05) is 24.7 Å². The lowest BCUT2D eigenvalue weighted by molar-refractivity contribution is 0.0567. The van der Waals surface area contributed by atoms with Crippen molar-refractivity contribution >= 4 is 21.6 Å². The number of likely N-dealkylation sites (tertiary alicyclic amines) is 1. The van der Waals surface area contributed by atoms with Gasteiger partial charge < -0.3 is 20.8 Å². The summed E-state index contributed by atoms with van der Waals surface area (Å²) >= 11 is 0. The van der Waals surface area contributed by atoms with Crippen LogP contribution in [0, 0.1) is 0 Å². The van der Waals surface area contributed by atoms with E-state index in [1.54, 1.807) is 26.0 Å². The number of nitrogens with two attached hydrogens (primary N) is 2. The maximum atomic E-state index is 12.3. The molecule has 11 nitrogen and oxygen atoms in total. The SMILES string of the molecule is CC(C)S(=O)(=O)c1ccc(-c2cnc(N)c(-c3nnc(C(=O)N4CC(N)C4)o3)n2)cc1. The van der Waals surface area contributed by atoms with E-state index in [9.17, 15) is 13.2 Å². The van der Waals surface area contributed by atoms with Crippen molar-refractivity contribution in [2.45, 2.75) is 30.0 Å². The summed E-state index contributed by atoms with van der Waals surface area (Å²) in [6.07, 6.45) is 1.45. The number of rotatable bonds is 5. The summed E-state index contributed by atoms with van der Waals surface area (Å²) in [4.78, 5) is 22.6. The number of benzene rings is 1. The first-order chi connectivity index (χ1) is 14.7. The van der Waals surface area contributed by atoms with Crippen molar-refractivity contribution in [1.29, 1.82) is 0 Å². The van der Waals surface area contributed by atoms with E-state index < -0.39 is 21.0 Å². The Kier molecular flexibility index (Phi) is 5.19. The van der Waals surface area contributed by atoms with Crippen molar-refractivity contribution in [1.82, 2.24) is 25.1 Å². The second-order valence-corrected chi connectivity index (χ2v) is 9.99. The molecule has 1 aliphatic rings. The highest BCUT2D eigenvalue weighted by Gasteiger charge is 2.32. The molecule has 2 aromatic heterocycles. The van der Waals surface area contributed by atoms with E-state index in [-0.39, 0.29) is 34.2 Å². The zero-order valence-corrected chi connectivity index (χ0v) is 17.7. The molecule has 1 aromatic carbocycles. The number of carbonyl (C=O) groups is 1. The average molecular weight is 443 g/mol. The fourth-order valence-electron chi connectivity index (χ4n) is 3.00. The zero-order chi connectivity index (χ0) is 22.3. The summed E-state index contributed by atoms with van der Waals surface area (Å²) in [7, 11) is -3.38. The first-order valence-electron chi connectivity index (χ1n) is 9.52. The monoisotopic (exact) mass is 443 g/mol. The number of nitrogens with zero attached hydrogens (tertiary/aromatic N) is 5. The highest BCUT2D eigenvalue weighted by Crippen LogP contribution is 2.27. The molecule has 1 aliphatic heterocycles. The van der Waals surface area contributed by atoms with Gasteiger partial charge in [-0.15, -0.1) is 10.2 Å². The third-order valence-electron chi connectivity index (χ3n) is 4.91. The normalized spacial score (nSPS) is 14.6. The third kappa shape index (κ3) is 3.86. The van der Waals surface area contributed by atoms with Crippen LogP contribution in [0.3, 0.4) is 0 Å². The quantitative estimate of drug-likeness (QED) is 0.573.